The molecule has 2 N–H and O–H groups in total. The number of nitrogens with two attached hydrogens (primary N) is 1. The van der Waals surface area contributed by atoms with E-state index in [-0.39, 0.29) is 16.3 Å². The summed E-state index contributed by atoms with van der Waals surface area (Å²) in [5.41, 5.74) is 0.992. The van der Waals surface area contributed by atoms with E-state index in [1.807, 2.05) is 29.8 Å². The fourth-order valence-electron chi connectivity index (χ4n) is 3.33. The van der Waals surface area contributed by atoms with E-state index >= 15 is 0 Å². The van der Waals surface area contributed by atoms with Crippen LogP contribution in [0.2, 0.25) is 0 Å². The molecule has 0 radical (unpaired) electrons. The Morgan fingerprint density at radius 2 is 1.73 bits per heavy atom. The van der Waals surface area contributed by atoms with Gasteiger partial charge in [-0.15, -0.1) is 0 Å². The first-order chi connectivity index (χ1) is 14.1. The van der Waals surface area contributed by atoms with Crippen LogP contribution in [0.1, 0.15) is 12.6 Å². The van der Waals surface area contributed by atoms with Crippen LogP contribution in [0.15, 0.2) is 65.7 Å². The number of hydrogen-bond donors (Lipinski definition) is 1. The molecule has 0 unspecified atom stereocenters. The van der Waals surface area contributed by atoms with Crippen LogP contribution in [0.5, 0.6) is 0 Å². The molecule has 0 fully saturated rings. The molecule has 4 rings (SSSR count). The smallest absolute Gasteiger partial charge is 0.348 e. The molecule has 10 heteroatoms. The molecule has 4 aromatic rings. The lowest BCUT2D eigenvalue weighted by molar-refractivity contribution is -0.141. The normalized spacial score (nSPS) is 12.6. The number of primary sulfonamides is 1. The second-order valence-electron chi connectivity index (χ2n) is 6.74. The summed E-state index contributed by atoms with van der Waals surface area (Å²) in [5.74, 6) is 0. The Morgan fingerprint density at radius 1 is 1.03 bits per heavy atom. The summed E-state index contributed by atoms with van der Waals surface area (Å²) in [6.07, 6.45) is -2.71. The molecule has 0 aliphatic heterocycles. The monoisotopic (exact) mass is 434 g/mol. The standard InChI is InChI=1S/C20H17F3N4O2S/c1-2-26-10-9-14-11-13(3-8-17(14)26)18-12-19(20(21,22)23)25-27(18)15-4-6-16(7-5-15)30(24,28)29/h3-12H,2H2,1H3,(H2,24,28,29). The van der Waals surface area contributed by atoms with E-state index in [0.29, 0.717) is 5.56 Å². The number of hydrogen-bond acceptors (Lipinski definition) is 3. The number of fused-ring (bicyclic) bond motifs is 1. The van der Waals surface area contributed by atoms with Crippen LogP contribution < -0.4 is 5.14 Å². The molecule has 2 heterocycles. The number of halogens is 3. The van der Waals surface area contributed by atoms with Crippen molar-refractivity contribution in [2.45, 2.75) is 24.5 Å². The first-order valence-corrected chi connectivity index (χ1v) is 10.5. The SMILES string of the molecule is CCn1ccc2cc(-c3cc(C(F)(F)F)nn3-c3ccc(S(N)(=O)=O)cc3)ccc21. The second kappa shape index (κ2) is 6.99. The highest BCUT2D eigenvalue weighted by Gasteiger charge is 2.35. The molecule has 2 aromatic heterocycles. The zero-order valence-electron chi connectivity index (χ0n) is 15.8. The van der Waals surface area contributed by atoms with E-state index in [1.165, 1.54) is 24.3 Å². The Hall–Kier alpha value is -3.11. The van der Waals surface area contributed by atoms with Gasteiger partial charge >= 0.3 is 6.18 Å². The maximum atomic E-state index is 13.4. The number of benzene rings is 2. The highest BCUT2D eigenvalue weighted by atomic mass is 32.2. The Labute approximate surface area is 170 Å². The summed E-state index contributed by atoms with van der Waals surface area (Å²) >= 11 is 0. The summed E-state index contributed by atoms with van der Waals surface area (Å²) in [4.78, 5) is -0.140. The molecule has 2 aromatic carbocycles. The van der Waals surface area contributed by atoms with Gasteiger partial charge in [-0.25, -0.2) is 18.2 Å². The molecule has 0 bridgehead atoms. The van der Waals surface area contributed by atoms with Crippen LogP contribution in [0, 0.1) is 0 Å². The number of aryl methyl sites for hydroxylation is 1. The largest absolute Gasteiger partial charge is 0.435 e. The van der Waals surface area contributed by atoms with E-state index < -0.39 is 21.9 Å². The molecule has 0 saturated carbocycles. The van der Waals surface area contributed by atoms with Crippen molar-refractivity contribution < 1.29 is 21.6 Å². The van der Waals surface area contributed by atoms with E-state index in [4.69, 9.17) is 5.14 Å². The van der Waals surface area contributed by atoms with Crippen LogP contribution in [0.25, 0.3) is 27.8 Å². The Bertz CT molecular complexity index is 1340. The number of nitrogens with zero attached hydrogens (tertiary/aromatic N) is 3. The Morgan fingerprint density at radius 3 is 2.33 bits per heavy atom. The predicted octanol–water partition coefficient (Wildman–Crippen LogP) is 4.18. The van der Waals surface area contributed by atoms with Crippen molar-refractivity contribution >= 4 is 20.9 Å². The van der Waals surface area contributed by atoms with Crippen molar-refractivity contribution in [2.75, 3.05) is 0 Å². The van der Waals surface area contributed by atoms with Gasteiger partial charge in [0.05, 0.1) is 16.3 Å². The van der Waals surface area contributed by atoms with E-state index in [0.717, 1.165) is 28.2 Å². The van der Waals surface area contributed by atoms with E-state index in [9.17, 15) is 21.6 Å². The van der Waals surface area contributed by atoms with Crippen molar-refractivity contribution in [2.24, 2.45) is 5.14 Å². The maximum Gasteiger partial charge on any atom is 0.435 e. The van der Waals surface area contributed by atoms with Crippen LogP contribution in [-0.2, 0) is 22.7 Å². The van der Waals surface area contributed by atoms with Gasteiger partial charge in [-0.05, 0) is 55.5 Å². The number of alkyl halides is 3. The van der Waals surface area contributed by atoms with Crippen molar-refractivity contribution in [3.05, 3.63) is 66.5 Å². The molecule has 6 nitrogen and oxygen atoms in total. The fraction of sp³-hybridized carbons (Fsp3) is 0.150. The molecule has 156 valence electrons. The highest BCUT2D eigenvalue weighted by Crippen LogP contribution is 2.34. The predicted molar refractivity (Wildman–Crippen MR) is 107 cm³/mol. The minimum atomic E-state index is -4.63. The average molecular weight is 434 g/mol. The molecule has 0 spiro atoms. The minimum absolute atomic E-state index is 0.140. The van der Waals surface area contributed by atoms with Crippen LogP contribution in [-0.4, -0.2) is 22.8 Å². The summed E-state index contributed by atoms with van der Waals surface area (Å²) < 4.78 is 66.2. The molecule has 0 saturated heterocycles. The summed E-state index contributed by atoms with van der Waals surface area (Å²) in [7, 11) is -3.92. The van der Waals surface area contributed by atoms with Gasteiger partial charge in [0.2, 0.25) is 10.0 Å². The first-order valence-electron chi connectivity index (χ1n) is 8.97. The van der Waals surface area contributed by atoms with Gasteiger partial charge in [-0.2, -0.15) is 18.3 Å². The summed E-state index contributed by atoms with van der Waals surface area (Å²) in [6.45, 7) is 2.78. The third-order valence-electron chi connectivity index (χ3n) is 4.82. The van der Waals surface area contributed by atoms with Crippen LogP contribution in [0.4, 0.5) is 13.2 Å². The van der Waals surface area contributed by atoms with Crippen molar-refractivity contribution in [3.63, 3.8) is 0 Å². The molecule has 0 aliphatic carbocycles. The fourth-order valence-corrected chi connectivity index (χ4v) is 3.85. The number of sulfonamides is 1. The van der Waals surface area contributed by atoms with Gasteiger partial charge in [-0.1, -0.05) is 6.07 Å². The molecule has 0 atom stereocenters. The van der Waals surface area contributed by atoms with Crippen molar-refractivity contribution in [1.82, 2.24) is 14.3 Å². The average Bonchev–Trinajstić information content (AvgIpc) is 3.31. The maximum absolute atomic E-state index is 13.4. The highest BCUT2D eigenvalue weighted by molar-refractivity contribution is 7.89. The topological polar surface area (TPSA) is 82.9 Å². The van der Waals surface area contributed by atoms with Crippen LogP contribution in [0.3, 0.4) is 0 Å². The molecule has 0 aliphatic rings. The zero-order chi connectivity index (χ0) is 21.7. The van der Waals surface area contributed by atoms with E-state index in [2.05, 4.69) is 5.10 Å². The second-order valence-corrected chi connectivity index (χ2v) is 8.30. The minimum Gasteiger partial charge on any atom is -0.348 e. The summed E-state index contributed by atoms with van der Waals surface area (Å²) in [5, 5.41) is 9.71. The molecule has 30 heavy (non-hydrogen) atoms. The van der Waals surface area contributed by atoms with E-state index in [1.54, 1.807) is 12.1 Å². The third kappa shape index (κ3) is 3.59. The molecular weight excluding hydrogens is 417 g/mol. The van der Waals surface area contributed by atoms with Gasteiger partial charge in [0.15, 0.2) is 5.69 Å². The first kappa shape index (κ1) is 20.2. The van der Waals surface area contributed by atoms with Gasteiger partial charge in [0.1, 0.15) is 0 Å². The number of rotatable bonds is 4. The lowest BCUT2D eigenvalue weighted by Gasteiger charge is -2.09. The third-order valence-corrected chi connectivity index (χ3v) is 5.75. The van der Waals surface area contributed by atoms with Gasteiger partial charge in [0.25, 0.3) is 0 Å². The van der Waals surface area contributed by atoms with Crippen molar-refractivity contribution in [3.8, 4) is 16.9 Å². The van der Waals surface area contributed by atoms with Gasteiger partial charge < -0.3 is 4.57 Å². The quantitative estimate of drug-likeness (QED) is 0.523. The van der Waals surface area contributed by atoms with Crippen LogP contribution >= 0.6 is 0 Å². The van der Waals surface area contributed by atoms with Gasteiger partial charge in [-0.3, -0.25) is 0 Å². The zero-order valence-corrected chi connectivity index (χ0v) is 16.6. The molecular formula is C20H17F3N4O2S. The lowest BCUT2D eigenvalue weighted by Crippen LogP contribution is -2.12. The number of aromatic nitrogens is 3. The summed E-state index contributed by atoms with van der Waals surface area (Å²) in [6, 6.07) is 13.4. The van der Waals surface area contributed by atoms with Crippen molar-refractivity contribution in [1.29, 1.82) is 0 Å². The Balaban J connectivity index is 1.88. The lowest BCUT2D eigenvalue weighted by atomic mass is 10.1. The Kier molecular flexibility index (Phi) is 4.70. The molecule has 0 amide bonds. The van der Waals surface area contributed by atoms with Gasteiger partial charge in [0, 0.05) is 29.2 Å².